The standard InChI is InChI=1S/C20H21BrN4O3/c1-14-18(13-24-25(14)17-5-3-4-16(21)10-17)20(26)23-12-15-6-7-19(22-11-15)28-9-8-27-2/h3-7,10-11,13H,8-9,12H2,1-2H3,(H,23,26). The van der Waals surface area contributed by atoms with Crippen LogP contribution < -0.4 is 10.1 Å². The van der Waals surface area contributed by atoms with Crippen molar-refractivity contribution >= 4 is 21.8 Å². The summed E-state index contributed by atoms with van der Waals surface area (Å²) in [5.41, 5.74) is 3.08. The van der Waals surface area contributed by atoms with E-state index in [2.05, 4.69) is 31.3 Å². The molecule has 7 nitrogen and oxygen atoms in total. The van der Waals surface area contributed by atoms with Crippen molar-refractivity contribution in [1.82, 2.24) is 20.1 Å². The Balaban J connectivity index is 1.61. The number of aromatic nitrogens is 3. The summed E-state index contributed by atoms with van der Waals surface area (Å²) < 4.78 is 13.1. The predicted octanol–water partition coefficient (Wildman–Crippen LogP) is 3.29. The fraction of sp³-hybridized carbons (Fsp3) is 0.250. The number of ether oxygens (including phenoxy) is 2. The first kappa shape index (κ1) is 20.0. The van der Waals surface area contributed by atoms with Crippen LogP contribution in [-0.2, 0) is 11.3 Å². The molecule has 0 atom stereocenters. The summed E-state index contributed by atoms with van der Waals surface area (Å²) in [5, 5.41) is 7.25. The topological polar surface area (TPSA) is 78.3 Å². The summed E-state index contributed by atoms with van der Waals surface area (Å²) in [5.74, 6) is 0.345. The van der Waals surface area contributed by atoms with Crippen LogP contribution in [-0.4, -0.2) is 41.0 Å². The molecule has 0 fully saturated rings. The van der Waals surface area contributed by atoms with Crippen molar-refractivity contribution in [3.63, 3.8) is 0 Å². The number of carbonyl (C=O) groups is 1. The SMILES string of the molecule is COCCOc1ccc(CNC(=O)c2cnn(-c3cccc(Br)c3)c2C)cn1. The lowest BCUT2D eigenvalue weighted by molar-refractivity contribution is 0.0950. The highest BCUT2D eigenvalue weighted by Crippen LogP contribution is 2.18. The maximum absolute atomic E-state index is 12.6. The van der Waals surface area contributed by atoms with E-state index in [-0.39, 0.29) is 5.91 Å². The summed E-state index contributed by atoms with van der Waals surface area (Å²) in [4.78, 5) is 16.8. The molecule has 0 unspecified atom stereocenters. The molecule has 0 aliphatic heterocycles. The second-order valence-electron chi connectivity index (χ2n) is 6.06. The van der Waals surface area contributed by atoms with E-state index in [1.165, 1.54) is 0 Å². The van der Waals surface area contributed by atoms with Crippen molar-refractivity contribution in [3.8, 4) is 11.6 Å². The van der Waals surface area contributed by atoms with Crippen LogP contribution in [0.25, 0.3) is 5.69 Å². The minimum atomic E-state index is -0.181. The van der Waals surface area contributed by atoms with Crippen LogP contribution >= 0.6 is 15.9 Å². The van der Waals surface area contributed by atoms with E-state index in [1.807, 2.05) is 37.3 Å². The first-order chi connectivity index (χ1) is 13.6. The molecule has 1 aromatic carbocycles. The molecule has 0 radical (unpaired) electrons. The third-order valence-electron chi connectivity index (χ3n) is 4.10. The summed E-state index contributed by atoms with van der Waals surface area (Å²) >= 11 is 3.45. The zero-order valence-corrected chi connectivity index (χ0v) is 17.3. The Morgan fingerprint density at radius 2 is 2.07 bits per heavy atom. The van der Waals surface area contributed by atoms with Crippen molar-refractivity contribution in [1.29, 1.82) is 0 Å². The van der Waals surface area contributed by atoms with Gasteiger partial charge in [0.2, 0.25) is 5.88 Å². The highest BCUT2D eigenvalue weighted by Gasteiger charge is 2.15. The van der Waals surface area contributed by atoms with Crippen molar-refractivity contribution in [2.24, 2.45) is 0 Å². The maximum Gasteiger partial charge on any atom is 0.255 e. The zero-order chi connectivity index (χ0) is 19.9. The van der Waals surface area contributed by atoms with E-state index in [4.69, 9.17) is 9.47 Å². The molecule has 8 heteroatoms. The van der Waals surface area contributed by atoms with Crippen LogP contribution in [0, 0.1) is 6.92 Å². The van der Waals surface area contributed by atoms with Gasteiger partial charge in [-0.05, 0) is 30.7 Å². The van der Waals surface area contributed by atoms with Gasteiger partial charge in [0, 0.05) is 30.4 Å². The largest absolute Gasteiger partial charge is 0.475 e. The average molecular weight is 445 g/mol. The van der Waals surface area contributed by atoms with Crippen molar-refractivity contribution < 1.29 is 14.3 Å². The Kier molecular flexibility index (Phi) is 6.78. The number of methoxy groups -OCH3 is 1. The molecule has 3 aromatic rings. The van der Waals surface area contributed by atoms with E-state index < -0.39 is 0 Å². The molecule has 0 spiro atoms. The lowest BCUT2D eigenvalue weighted by Crippen LogP contribution is -2.23. The molecule has 0 saturated heterocycles. The molecule has 3 rings (SSSR count). The van der Waals surface area contributed by atoms with Gasteiger partial charge < -0.3 is 14.8 Å². The number of nitrogens with one attached hydrogen (secondary N) is 1. The third kappa shape index (κ3) is 4.96. The van der Waals surface area contributed by atoms with Gasteiger partial charge in [-0.1, -0.05) is 28.1 Å². The van der Waals surface area contributed by atoms with Gasteiger partial charge in [0.1, 0.15) is 6.61 Å². The Hall–Kier alpha value is -2.71. The van der Waals surface area contributed by atoms with Crippen LogP contribution in [0.15, 0.2) is 53.3 Å². The number of rotatable bonds is 8. The minimum absolute atomic E-state index is 0.181. The van der Waals surface area contributed by atoms with E-state index in [1.54, 1.807) is 30.3 Å². The quantitative estimate of drug-likeness (QED) is 0.539. The van der Waals surface area contributed by atoms with E-state index in [0.717, 1.165) is 21.4 Å². The molecule has 1 amide bonds. The van der Waals surface area contributed by atoms with Gasteiger partial charge in [0.15, 0.2) is 0 Å². The number of carbonyl (C=O) groups excluding carboxylic acids is 1. The summed E-state index contributed by atoms with van der Waals surface area (Å²) in [6, 6.07) is 11.4. The van der Waals surface area contributed by atoms with Gasteiger partial charge in [0.05, 0.1) is 29.7 Å². The molecule has 0 saturated carbocycles. The van der Waals surface area contributed by atoms with Gasteiger partial charge in [-0.25, -0.2) is 9.67 Å². The molecule has 2 aromatic heterocycles. The molecule has 0 aliphatic rings. The van der Waals surface area contributed by atoms with Crippen LogP contribution in [0.3, 0.4) is 0 Å². The van der Waals surface area contributed by atoms with E-state index in [9.17, 15) is 4.79 Å². The Labute approximate surface area is 171 Å². The molecular weight excluding hydrogens is 424 g/mol. The van der Waals surface area contributed by atoms with E-state index in [0.29, 0.717) is 31.2 Å². The third-order valence-corrected chi connectivity index (χ3v) is 4.59. The molecule has 2 heterocycles. The lowest BCUT2D eigenvalue weighted by Gasteiger charge is -2.08. The van der Waals surface area contributed by atoms with Crippen LogP contribution in [0.1, 0.15) is 21.6 Å². The van der Waals surface area contributed by atoms with Crippen LogP contribution in [0.5, 0.6) is 5.88 Å². The number of pyridine rings is 1. The monoisotopic (exact) mass is 444 g/mol. The second kappa shape index (κ2) is 9.48. The first-order valence-corrected chi connectivity index (χ1v) is 9.53. The number of nitrogens with zero attached hydrogens (tertiary/aromatic N) is 3. The highest BCUT2D eigenvalue weighted by atomic mass is 79.9. The van der Waals surface area contributed by atoms with Crippen LogP contribution in [0.2, 0.25) is 0 Å². The predicted molar refractivity (Wildman–Crippen MR) is 109 cm³/mol. The first-order valence-electron chi connectivity index (χ1n) is 8.74. The van der Waals surface area contributed by atoms with Crippen molar-refractivity contribution in [3.05, 3.63) is 70.1 Å². The van der Waals surface area contributed by atoms with Crippen molar-refractivity contribution in [2.45, 2.75) is 13.5 Å². The maximum atomic E-state index is 12.6. The van der Waals surface area contributed by atoms with E-state index >= 15 is 0 Å². The normalized spacial score (nSPS) is 10.7. The molecule has 146 valence electrons. The molecule has 0 bridgehead atoms. The average Bonchev–Trinajstić information content (AvgIpc) is 3.09. The Bertz CT molecular complexity index is 941. The highest BCUT2D eigenvalue weighted by molar-refractivity contribution is 9.10. The summed E-state index contributed by atoms with van der Waals surface area (Å²) in [6.07, 6.45) is 3.26. The molecule has 0 aliphatic carbocycles. The zero-order valence-electron chi connectivity index (χ0n) is 15.7. The second-order valence-corrected chi connectivity index (χ2v) is 6.98. The smallest absolute Gasteiger partial charge is 0.255 e. The number of hydrogen-bond acceptors (Lipinski definition) is 5. The molecule has 28 heavy (non-hydrogen) atoms. The van der Waals surface area contributed by atoms with Gasteiger partial charge in [-0.15, -0.1) is 0 Å². The number of benzene rings is 1. The van der Waals surface area contributed by atoms with Gasteiger partial charge in [-0.2, -0.15) is 5.10 Å². The summed E-state index contributed by atoms with van der Waals surface area (Å²) in [6.45, 7) is 3.19. The van der Waals surface area contributed by atoms with Gasteiger partial charge >= 0.3 is 0 Å². The Morgan fingerprint density at radius 3 is 2.79 bits per heavy atom. The number of amides is 1. The fourth-order valence-corrected chi connectivity index (χ4v) is 3.00. The number of hydrogen-bond donors (Lipinski definition) is 1. The molecular formula is C20H21BrN4O3. The lowest BCUT2D eigenvalue weighted by atomic mass is 10.2. The summed E-state index contributed by atoms with van der Waals surface area (Å²) in [7, 11) is 1.62. The fourth-order valence-electron chi connectivity index (χ4n) is 2.61. The number of halogens is 1. The van der Waals surface area contributed by atoms with Crippen LogP contribution in [0.4, 0.5) is 0 Å². The Morgan fingerprint density at radius 1 is 1.21 bits per heavy atom. The van der Waals surface area contributed by atoms with Gasteiger partial charge in [-0.3, -0.25) is 4.79 Å². The minimum Gasteiger partial charge on any atom is -0.475 e. The molecule has 1 N–H and O–H groups in total. The van der Waals surface area contributed by atoms with Gasteiger partial charge in [0.25, 0.3) is 5.91 Å². The van der Waals surface area contributed by atoms with Crippen molar-refractivity contribution in [2.75, 3.05) is 20.3 Å².